The zero-order valence-corrected chi connectivity index (χ0v) is 10.2. The van der Waals surface area contributed by atoms with Crippen LogP contribution in [0.1, 0.15) is 53.4 Å². The molecule has 0 radical (unpaired) electrons. The summed E-state index contributed by atoms with van der Waals surface area (Å²) in [5, 5.41) is 0. The summed E-state index contributed by atoms with van der Waals surface area (Å²) in [4.78, 5) is 22.8. The van der Waals surface area contributed by atoms with Crippen LogP contribution in [0.2, 0.25) is 0 Å². The normalized spacial score (nSPS) is 14.4. The van der Waals surface area contributed by atoms with Crippen LogP contribution in [0.25, 0.3) is 0 Å². The van der Waals surface area contributed by atoms with Gasteiger partial charge in [0.2, 0.25) is 0 Å². The lowest BCUT2D eigenvalue weighted by Crippen LogP contribution is -2.23. The average Bonchev–Trinajstić information content (AvgIpc) is 2.24. The van der Waals surface area contributed by atoms with Crippen molar-refractivity contribution >= 4 is 11.9 Å². The number of unbranched alkanes of at least 4 members (excludes halogenated alkanes) is 1. The molecule has 0 rings (SSSR count). The van der Waals surface area contributed by atoms with Gasteiger partial charge in [0.25, 0.3) is 0 Å². The molecular formula is C12H22O3. The highest BCUT2D eigenvalue weighted by molar-refractivity contribution is 5.87. The van der Waals surface area contributed by atoms with Crippen LogP contribution in [0.3, 0.4) is 0 Å². The summed E-state index contributed by atoms with van der Waals surface area (Å²) in [5.41, 5.74) is 0. The van der Waals surface area contributed by atoms with Crippen LogP contribution in [0.15, 0.2) is 0 Å². The summed E-state index contributed by atoms with van der Waals surface area (Å²) in [5.74, 6) is -1.13. The Kier molecular flexibility index (Phi) is 7.01. The predicted molar refractivity (Wildman–Crippen MR) is 59.2 cm³/mol. The SMILES string of the molecule is CCCCC(C)C(=O)OC(=O)C(C)CC. The second kappa shape index (κ2) is 7.43. The number of hydrogen-bond donors (Lipinski definition) is 0. The van der Waals surface area contributed by atoms with E-state index in [2.05, 4.69) is 6.92 Å². The van der Waals surface area contributed by atoms with Gasteiger partial charge in [-0.2, -0.15) is 0 Å². The third-order valence-corrected chi connectivity index (χ3v) is 2.61. The van der Waals surface area contributed by atoms with E-state index in [1.165, 1.54) is 0 Å². The van der Waals surface area contributed by atoms with E-state index in [1.54, 1.807) is 6.92 Å². The molecule has 0 saturated carbocycles. The lowest BCUT2D eigenvalue weighted by atomic mass is 10.0. The van der Waals surface area contributed by atoms with Gasteiger partial charge < -0.3 is 4.74 Å². The summed E-state index contributed by atoms with van der Waals surface area (Å²) in [6, 6.07) is 0. The van der Waals surface area contributed by atoms with Gasteiger partial charge in [0.1, 0.15) is 0 Å². The molecule has 0 heterocycles. The van der Waals surface area contributed by atoms with Crippen LogP contribution in [0.4, 0.5) is 0 Å². The highest BCUT2D eigenvalue weighted by Crippen LogP contribution is 2.11. The molecule has 0 aromatic carbocycles. The van der Waals surface area contributed by atoms with Crippen molar-refractivity contribution in [3.05, 3.63) is 0 Å². The van der Waals surface area contributed by atoms with Crippen LogP contribution in [-0.4, -0.2) is 11.9 Å². The molecule has 0 aromatic heterocycles. The Labute approximate surface area is 92.2 Å². The molecule has 0 saturated heterocycles. The molecule has 88 valence electrons. The van der Waals surface area contributed by atoms with E-state index in [4.69, 9.17) is 4.74 Å². The van der Waals surface area contributed by atoms with Crippen molar-refractivity contribution in [1.29, 1.82) is 0 Å². The fourth-order valence-electron chi connectivity index (χ4n) is 1.10. The van der Waals surface area contributed by atoms with Crippen molar-refractivity contribution in [2.45, 2.75) is 53.4 Å². The molecule has 3 nitrogen and oxygen atoms in total. The molecule has 0 spiro atoms. The molecule has 0 aliphatic heterocycles. The minimum atomic E-state index is -0.397. The minimum absolute atomic E-state index is 0.169. The van der Waals surface area contributed by atoms with Crippen molar-refractivity contribution in [2.75, 3.05) is 0 Å². The van der Waals surface area contributed by atoms with E-state index in [0.29, 0.717) is 6.42 Å². The number of carbonyl (C=O) groups excluding carboxylic acids is 2. The van der Waals surface area contributed by atoms with Gasteiger partial charge in [-0.25, -0.2) is 0 Å². The molecule has 0 bridgehead atoms. The average molecular weight is 214 g/mol. The van der Waals surface area contributed by atoms with Crippen molar-refractivity contribution in [3.8, 4) is 0 Å². The van der Waals surface area contributed by atoms with Crippen LogP contribution in [-0.2, 0) is 14.3 Å². The van der Waals surface area contributed by atoms with Gasteiger partial charge in [0, 0.05) is 0 Å². The summed E-state index contributed by atoms with van der Waals surface area (Å²) in [6.07, 6.45) is 3.54. The summed E-state index contributed by atoms with van der Waals surface area (Å²) in [6.45, 7) is 7.55. The van der Waals surface area contributed by atoms with Crippen molar-refractivity contribution in [2.24, 2.45) is 11.8 Å². The maximum absolute atomic E-state index is 11.4. The fraction of sp³-hybridized carbons (Fsp3) is 0.833. The van der Waals surface area contributed by atoms with E-state index >= 15 is 0 Å². The van der Waals surface area contributed by atoms with Crippen LogP contribution in [0.5, 0.6) is 0 Å². The van der Waals surface area contributed by atoms with Gasteiger partial charge in [-0.15, -0.1) is 0 Å². The number of esters is 2. The van der Waals surface area contributed by atoms with Gasteiger partial charge >= 0.3 is 11.9 Å². The first-order chi connectivity index (χ1) is 7.02. The highest BCUT2D eigenvalue weighted by Gasteiger charge is 2.20. The van der Waals surface area contributed by atoms with Crippen LogP contribution < -0.4 is 0 Å². The Hall–Kier alpha value is -0.860. The van der Waals surface area contributed by atoms with E-state index in [1.807, 2.05) is 13.8 Å². The van der Waals surface area contributed by atoms with Crippen molar-refractivity contribution in [1.82, 2.24) is 0 Å². The first-order valence-corrected chi connectivity index (χ1v) is 5.78. The van der Waals surface area contributed by atoms with Gasteiger partial charge in [0.05, 0.1) is 11.8 Å². The number of carbonyl (C=O) groups is 2. The zero-order chi connectivity index (χ0) is 11.8. The number of ether oxygens (including phenoxy) is 1. The molecule has 0 N–H and O–H groups in total. The number of rotatable bonds is 6. The Balaban J connectivity index is 3.96. The highest BCUT2D eigenvalue weighted by atomic mass is 16.6. The molecular weight excluding hydrogens is 192 g/mol. The molecule has 2 atom stereocenters. The van der Waals surface area contributed by atoms with Gasteiger partial charge in [-0.05, 0) is 12.8 Å². The first kappa shape index (κ1) is 14.1. The monoisotopic (exact) mass is 214 g/mol. The Morgan fingerprint density at radius 3 is 2.07 bits per heavy atom. The van der Waals surface area contributed by atoms with Crippen molar-refractivity contribution < 1.29 is 14.3 Å². The van der Waals surface area contributed by atoms with E-state index < -0.39 is 5.97 Å². The fourth-order valence-corrected chi connectivity index (χ4v) is 1.10. The van der Waals surface area contributed by atoms with Gasteiger partial charge in [-0.3, -0.25) is 9.59 Å². The van der Waals surface area contributed by atoms with Crippen LogP contribution >= 0.6 is 0 Å². The molecule has 3 heteroatoms. The van der Waals surface area contributed by atoms with Gasteiger partial charge in [0.15, 0.2) is 0 Å². The lowest BCUT2D eigenvalue weighted by molar-refractivity contribution is -0.165. The smallest absolute Gasteiger partial charge is 0.316 e. The Morgan fingerprint density at radius 2 is 1.60 bits per heavy atom. The topological polar surface area (TPSA) is 43.4 Å². The number of hydrogen-bond acceptors (Lipinski definition) is 3. The first-order valence-electron chi connectivity index (χ1n) is 5.78. The molecule has 0 amide bonds. The molecule has 0 aromatic rings. The maximum Gasteiger partial charge on any atom is 0.316 e. The van der Waals surface area contributed by atoms with Crippen molar-refractivity contribution in [3.63, 3.8) is 0 Å². The molecule has 0 aliphatic carbocycles. The lowest BCUT2D eigenvalue weighted by Gasteiger charge is -2.11. The van der Waals surface area contributed by atoms with E-state index in [9.17, 15) is 9.59 Å². The predicted octanol–water partition coefficient (Wildman–Crippen LogP) is 2.93. The Bertz CT molecular complexity index is 211. The summed E-state index contributed by atoms with van der Waals surface area (Å²) < 4.78 is 4.78. The zero-order valence-electron chi connectivity index (χ0n) is 10.2. The standard InChI is InChI=1S/C12H22O3/c1-5-7-8-10(4)12(14)15-11(13)9(3)6-2/h9-10H,5-8H2,1-4H3. The summed E-state index contributed by atoms with van der Waals surface area (Å²) >= 11 is 0. The summed E-state index contributed by atoms with van der Waals surface area (Å²) in [7, 11) is 0. The third kappa shape index (κ3) is 5.55. The van der Waals surface area contributed by atoms with Crippen LogP contribution in [0, 0.1) is 11.8 Å². The second-order valence-electron chi connectivity index (χ2n) is 4.09. The molecule has 15 heavy (non-hydrogen) atoms. The third-order valence-electron chi connectivity index (χ3n) is 2.61. The largest absolute Gasteiger partial charge is 0.393 e. The molecule has 0 fully saturated rings. The quantitative estimate of drug-likeness (QED) is 0.504. The Morgan fingerprint density at radius 1 is 1.07 bits per heavy atom. The van der Waals surface area contributed by atoms with E-state index in [0.717, 1.165) is 19.3 Å². The maximum atomic E-state index is 11.4. The van der Waals surface area contributed by atoms with E-state index in [-0.39, 0.29) is 17.8 Å². The second-order valence-corrected chi connectivity index (χ2v) is 4.09. The minimum Gasteiger partial charge on any atom is -0.393 e. The molecule has 0 aliphatic rings. The van der Waals surface area contributed by atoms with Gasteiger partial charge in [-0.1, -0.05) is 40.5 Å². The molecule has 2 unspecified atom stereocenters.